The molecule has 26 heavy (non-hydrogen) atoms. The van der Waals surface area contributed by atoms with E-state index in [1.165, 1.54) is 6.20 Å². The van der Waals surface area contributed by atoms with Crippen molar-refractivity contribution in [1.82, 2.24) is 20.4 Å². The van der Waals surface area contributed by atoms with Crippen LogP contribution in [0.15, 0.2) is 77.3 Å². The molecule has 0 aliphatic carbocycles. The Kier molecular flexibility index (Phi) is 4.17. The number of benzene rings is 2. The second kappa shape index (κ2) is 6.94. The normalized spacial score (nSPS) is 10.5. The van der Waals surface area contributed by atoms with Crippen LogP contribution in [0.1, 0.15) is 10.5 Å². The number of nitrogens with one attached hydrogen (secondary N) is 1. The molecule has 2 heterocycles. The summed E-state index contributed by atoms with van der Waals surface area (Å²) in [5.41, 5.74) is 2.50. The molecule has 2 aromatic heterocycles. The van der Waals surface area contributed by atoms with Gasteiger partial charge in [-0.15, -0.1) is 15.3 Å². The van der Waals surface area contributed by atoms with E-state index in [9.17, 15) is 4.79 Å². The third kappa shape index (κ3) is 3.32. The zero-order chi connectivity index (χ0) is 17.8. The van der Waals surface area contributed by atoms with Crippen LogP contribution < -0.4 is 5.32 Å². The van der Waals surface area contributed by atoms with Crippen LogP contribution >= 0.6 is 0 Å². The molecule has 2 aromatic carbocycles. The third-order valence-corrected chi connectivity index (χ3v) is 3.64. The average Bonchev–Trinajstić information content (AvgIpc) is 3.20. The third-order valence-electron chi connectivity index (χ3n) is 3.64. The number of hydrogen-bond donors (Lipinski definition) is 1. The fourth-order valence-electron chi connectivity index (χ4n) is 2.35. The molecule has 0 spiro atoms. The number of hydrogen-bond acceptors (Lipinski definition) is 6. The topological polar surface area (TPSA) is 93.8 Å². The molecule has 0 saturated heterocycles. The summed E-state index contributed by atoms with van der Waals surface area (Å²) in [4.78, 5) is 12.1. The molecule has 0 aliphatic heterocycles. The molecular formula is C19H13N5O2. The maximum absolute atomic E-state index is 12.1. The van der Waals surface area contributed by atoms with Crippen LogP contribution in [-0.4, -0.2) is 26.3 Å². The van der Waals surface area contributed by atoms with Gasteiger partial charge in [-0.1, -0.05) is 18.2 Å². The Morgan fingerprint density at radius 2 is 1.46 bits per heavy atom. The number of anilines is 1. The van der Waals surface area contributed by atoms with Gasteiger partial charge in [0.2, 0.25) is 11.8 Å². The first kappa shape index (κ1) is 15.6. The first-order valence-corrected chi connectivity index (χ1v) is 7.88. The van der Waals surface area contributed by atoms with Crippen molar-refractivity contribution in [2.24, 2.45) is 0 Å². The van der Waals surface area contributed by atoms with Crippen molar-refractivity contribution >= 4 is 11.6 Å². The molecule has 0 aliphatic rings. The minimum Gasteiger partial charge on any atom is -0.416 e. The Balaban J connectivity index is 1.50. The summed E-state index contributed by atoms with van der Waals surface area (Å²) in [7, 11) is 0. The second-order valence-corrected chi connectivity index (χ2v) is 5.42. The van der Waals surface area contributed by atoms with E-state index in [2.05, 4.69) is 25.7 Å². The highest BCUT2D eigenvalue weighted by Gasteiger charge is 2.11. The van der Waals surface area contributed by atoms with Crippen LogP contribution in [0.5, 0.6) is 0 Å². The van der Waals surface area contributed by atoms with E-state index in [0.29, 0.717) is 17.5 Å². The quantitative estimate of drug-likeness (QED) is 0.610. The van der Waals surface area contributed by atoms with Crippen molar-refractivity contribution < 1.29 is 9.21 Å². The highest BCUT2D eigenvalue weighted by atomic mass is 16.4. The average molecular weight is 343 g/mol. The number of amides is 1. The molecule has 7 nitrogen and oxygen atoms in total. The molecule has 1 N–H and O–H groups in total. The zero-order valence-corrected chi connectivity index (χ0v) is 13.5. The van der Waals surface area contributed by atoms with Gasteiger partial charge in [0.25, 0.3) is 5.91 Å². The van der Waals surface area contributed by atoms with Crippen molar-refractivity contribution in [3.05, 3.63) is 78.6 Å². The van der Waals surface area contributed by atoms with E-state index in [0.717, 1.165) is 11.1 Å². The predicted molar refractivity (Wildman–Crippen MR) is 95.2 cm³/mol. The van der Waals surface area contributed by atoms with Crippen LogP contribution in [0.4, 0.5) is 5.69 Å². The predicted octanol–water partition coefficient (Wildman–Crippen LogP) is 3.45. The van der Waals surface area contributed by atoms with Gasteiger partial charge >= 0.3 is 0 Å². The molecule has 1 amide bonds. The monoisotopic (exact) mass is 343 g/mol. The van der Waals surface area contributed by atoms with E-state index >= 15 is 0 Å². The summed E-state index contributed by atoms with van der Waals surface area (Å²) in [5, 5.41) is 18.4. The summed E-state index contributed by atoms with van der Waals surface area (Å²) in [5.74, 6) is 0.547. The SMILES string of the molecule is O=C(Nc1ccc(-c2nnc(-c3ccccc3)o2)cc1)c1cccnn1. The van der Waals surface area contributed by atoms with Gasteiger partial charge in [-0.3, -0.25) is 4.79 Å². The minimum atomic E-state index is -0.324. The largest absolute Gasteiger partial charge is 0.416 e. The fourth-order valence-corrected chi connectivity index (χ4v) is 2.35. The molecule has 4 rings (SSSR count). The van der Waals surface area contributed by atoms with E-state index < -0.39 is 0 Å². The Morgan fingerprint density at radius 1 is 0.769 bits per heavy atom. The molecule has 0 bridgehead atoms. The number of nitrogens with zero attached hydrogens (tertiary/aromatic N) is 4. The van der Waals surface area contributed by atoms with E-state index in [-0.39, 0.29) is 11.6 Å². The lowest BCUT2D eigenvalue weighted by atomic mass is 10.2. The van der Waals surface area contributed by atoms with Gasteiger partial charge in [-0.2, -0.15) is 5.10 Å². The van der Waals surface area contributed by atoms with Crippen molar-refractivity contribution in [2.45, 2.75) is 0 Å². The van der Waals surface area contributed by atoms with Gasteiger partial charge in [-0.05, 0) is 48.5 Å². The van der Waals surface area contributed by atoms with Crippen molar-refractivity contribution in [3.8, 4) is 22.9 Å². The summed E-state index contributed by atoms with van der Waals surface area (Å²) in [6.45, 7) is 0. The van der Waals surface area contributed by atoms with Crippen LogP contribution in [0.25, 0.3) is 22.9 Å². The molecule has 0 radical (unpaired) electrons. The standard InChI is InChI=1S/C19H13N5O2/c25-17(16-7-4-12-20-22-16)21-15-10-8-14(9-11-15)19-24-23-18(26-19)13-5-2-1-3-6-13/h1-12H,(H,21,25). The number of carbonyl (C=O) groups is 1. The maximum Gasteiger partial charge on any atom is 0.276 e. The second-order valence-electron chi connectivity index (χ2n) is 5.42. The lowest BCUT2D eigenvalue weighted by molar-refractivity contribution is 0.102. The van der Waals surface area contributed by atoms with E-state index in [4.69, 9.17) is 4.42 Å². The molecule has 0 unspecified atom stereocenters. The van der Waals surface area contributed by atoms with Crippen LogP contribution in [-0.2, 0) is 0 Å². The van der Waals surface area contributed by atoms with E-state index in [1.807, 2.05) is 30.3 Å². The van der Waals surface area contributed by atoms with E-state index in [1.54, 1.807) is 36.4 Å². The summed E-state index contributed by atoms with van der Waals surface area (Å²) >= 11 is 0. The zero-order valence-electron chi connectivity index (χ0n) is 13.5. The summed E-state index contributed by atoms with van der Waals surface area (Å²) < 4.78 is 5.72. The van der Waals surface area contributed by atoms with Crippen molar-refractivity contribution in [1.29, 1.82) is 0 Å². The Morgan fingerprint density at radius 3 is 2.12 bits per heavy atom. The van der Waals surface area contributed by atoms with Crippen LogP contribution in [0, 0.1) is 0 Å². The van der Waals surface area contributed by atoms with Crippen molar-refractivity contribution in [3.63, 3.8) is 0 Å². The molecule has 4 aromatic rings. The fraction of sp³-hybridized carbons (Fsp3) is 0. The van der Waals surface area contributed by atoms with Gasteiger partial charge in [0.15, 0.2) is 5.69 Å². The molecule has 0 atom stereocenters. The first-order chi connectivity index (χ1) is 12.8. The molecule has 0 saturated carbocycles. The Bertz CT molecular complexity index is 1010. The number of carbonyl (C=O) groups excluding carboxylic acids is 1. The van der Waals surface area contributed by atoms with Crippen LogP contribution in [0.3, 0.4) is 0 Å². The van der Waals surface area contributed by atoms with Gasteiger partial charge in [0.1, 0.15) is 0 Å². The summed E-state index contributed by atoms with van der Waals surface area (Å²) in [6.07, 6.45) is 1.51. The summed E-state index contributed by atoms with van der Waals surface area (Å²) in [6, 6.07) is 19.9. The first-order valence-electron chi connectivity index (χ1n) is 7.88. The molecule has 126 valence electrons. The van der Waals surface area contributed by atoms with Gasteiger partial charge in [-0.25, -0.2) is 0 Å². The number of rotatable bonds is 4. The van der Waals surface area contributed by atoms with Crippen molar-refractivity contribution in [2.75, 3.05) is 5.32 Å². The highest BCUT2D eigenvalue weighted by Crippen LogP contribution is 2.24. The lowest BCUT2D eigenvalue weighted by Gasteiger charge is -2.04. The van der Waals surface area contributed by atoms with Gasteiger partial charge < -0.3 is 9.73 Å². The number of aromatic nitrogens is 4. The highest BCUT2D eigenvalue weighted by molar-refractivity contribution is 6.02. The molecule has 7 heteroatoms. The Hall–Kier alpha value is -3.87. The minimum absolute atomic E-state index is 0.251. The van der Waals surface area contributed by atoms with Gasteiger partial charge in [0, 0.05) is 23.0 Å². The Labute approximate surface area is 148 Å². The maximum atomic E-state index is 12.1. The lowest BCUT2D eigenvalue weighted by Crippen LogP contribution is -2.13. The molecular weight excluding hydrogens is 330 g/mol. The smallest absolute Gasteiger partial charge is 0.276 e. The molecule has 0 fully saturated rings. The van der Waals surface area contributed by atoms with Crippen LogP contribution in [0.2, 0.25) is 0 Å². The van der Waals surface area contributed by atoms with Gasteiger partial charge in [0.05, 0.1) is 0 Å².